The lowest BCUT2D eigenvalue weighted by molar-refractivity contribution is 0.0606. The van der Waals surface area contributed by atoms with Gasteiger partial charge in [-0.3, -0.25) is 9.59 Å². The Bertz CT molecular complexity index is 1380. The third-order valence-electron chi connectivity index (χ3n) is 6.30. The molecule has 1 amide bonds. The van der Waals surface area contributed by atoms with Gasteiger partial charge in [0.05, 0.1) is 20.9 Å². The molecule has 2 aromatic heterocycles. The summed E-state index contributed by atoms with van der Waals surface area (Å²) < 4.78 is 13.4. The number of thiazole rings is 1. The van der Waals surface area contributed by atoms with Crippen LogP contribution in [-0.4, -0.2) is 44.1 Å². The number of fused-ring (bicyclic) bond motifs is 1. The first-order valence-corrected chi connectivity index (χ1v) is 12.2. The molecule has 34 heavy (non-hydrogen) atoms. The molecule has 0 saturated carbocycles. The average molecular weight is 477 g/mol. The minimum absolute atomic E-state index is 0.0225. The number of halogens is 1. The largest absolute Gasteiger partial charge is 0.342 e. The van der Waals surface area contributed by atoms with E-state index in [1.54, 1.807) is 25.1 Å². The van der Waals surface area contributed by atoms with Crippen LogP contribution in [0.2, 0.25) is 0 Å². The van der Waals surface area contributed by atoms with Gasteiger partial charge in [-0.1, -0.05) is 18.2 Å². The van der Waals surface area contributed by atoms with Crippen LogP contribution in [0.25, 0.3) is 21.5 Å². The first-order valence-electron chi connectivity index (χ1n) is 11.4. The van der Waals surface area contributed by atoms with Crippen molar-refractivity contribution in [1.29, 1.82) is 0 Å². The Morgan fingerprint density at radius 2 is 1.94 bits per heavy atom. The number of ketones is 1. The van der Waals surface area contributed by atoms with E-state index in [9.17, 15) is 14.0 Å². The van der Waals surface area contributed by atoms with E-state index >= 15 is 0 Å². The molecule has 1 N–H and O–H groups in total. The van der Waals surface area contributed by atoms with Crippen LogP contribution in [0.4, 0.5) is 4.39 Å². The van der Waals surface area contributed by atoms with Gasteiger partial charge in [0.1, 0.15) is 17.3 Å². The highest BCUT2D eigenvalue weighted by molar-refractivity contribution is 7.15. The number of aryl methyl sites for hydroxylation is 1. The zero-order valence-corrected chi connectivity index (χ0v) is 19.9. The van der Waals surface area contributed by atoms with Gasteiger partial charge in [0.25, 0.3) is 5.91 Å². The molecule has 174 valence electrons. The van der Waals surface area contributed by atoms with Crippen LogP contribution in [0.15, 0.2) is 42.5 Å². The monoisotopic (exact) mass is 476 g/mol. The van der Waals surface area contributed by atoms with E-state index in [0.717, 1.165) is 46.1 Å². The molecule has 4 aromatic rings. The van der Waals surface area contributed by atoms with Gasteiger partial charge in [0, 0.05) is 24.6 Å². The number of hydrogen-bond donors (Lipinski definition) is 1. The average Bonchev–Trinajstić information content (AvgIpc) is 3.42. The summed E-state index contributed by atoms with van der Waals surface area (Å²) >= 11 is 1.45. The number of carbonyl (C=O) groups is 2. The fraction of sp³-hybridized carbons (Fsp3) is 0.308. The van der Waals surface area contributed by atoms with E-state index in [-0.39, 0.29) is 23.5 Å². The Kier molecular flexibility index (Phi) is 6.00. The quantitative estimate of drug-likeness (QED) is 0.382. The highest BCUT2D eigenvalue weighted by Crippen LogP contribution is 2.33. The second-order valence-corrected chi connectivity index (χ2v) is 9.91. The molecule has 0 spiro atoms. The first-order chi connectivity index (χ1) is 16.4. The van der Waals surface area contributed by atoms with Crippen LogP contribution in [0.1, 0.15) is 57.9 Å². The van der Waals surface area contributed by atoms with Crippen molar-refractivity contribution in [3.63, 3.8) is 0 Å². The molecular formula is C26H25FN4O2S. The summed E-state index contributed by atoms with van der Waals surface area (Å²) in [4.78, 5) is 41.0. The van der Waals surface area contributed by atoms with E-state index in [4.69, 9.17) is 4.98 Å². The molecule has 6 nitrogen and oxygen atoms in total. The summed E-state index contributed by atoms with van der Waals surface area (Å²) in [6, 6.07) is 11.7. The maximum Gasteiger partial charge on any atom is 0.274 e. The minimum atomic E-state index is -0.312. The fourth-order valence-electron chi connectivity index (χ4n) is 4.67. The highest BCUT2D eigenvalue weighted by Gasteiger charge is 2.31. The van der Waals surface area contributed by atoms with Crippen molar-refractivity contribution < 1.29 is 14.0 Å². The third-order valence-corrected chi connectivity index (χ3v) is 7.32. The van der Waals surface area contributed by atoms with Crippen LogP contribution >= 0.6 is 11.3 Å². The number of imidazole rings is 1. The van der Waals surface area contributed by atoms with Crippen LogP contribution in [0, 0.1) is 12.7 Å². The standard InChI is InChI=1S/C26H25FN4O2S/c1-15(32)20-7-5-8-21-23(20)30-22(29-21)14-19-6-3-4-13-31(19)26(33)24-25(34-16(2)28-24)17-9-11-18(27)12-10-17/h5,7-12,19H,3-4,6,13-14H2,1-2H3,(H,29,30)/t19-/m0/s1. The van der Waals surface area contributed by atoms with Crippen molar-refractivity contribution in [1.82, 2.24) is 19.9 Å². The van der Waals surface area contributed by atoms with Crippen molar-refractivity contribution in [3.8, 4) is 10.4 Å². The molecule has 0 unspecified atom stereocenters. The normalized spacial score (nSPS) is 16.2. The number of aromatic amines is 1. The number of hydrogen-bond acceptors (Lipinski definition) is 5. The van der Waals surface area contributed by atoms with E-state index in [1.807, 2.05) is 24.0 Å². The predicted octanol–water partition coefficient (Wildman–Crippen LogP) is 5.57. The predicted molar refractivity (Wildman–Crippen MR) is 131 cm³/mol. The smallest absolute Gasteiger partial charge is 0.274 e. The first kappa shape index (κ1) is 22.4. The van der Waals surface area contributed by atoms with E-state index in [2.05, 4.69) is 9.97 Å². The number of rotatable bonds is 5. The van der Waals surface area contributed by atoms with Crippen LogP contribution in [0.3, 0.4) is 0 Å². The number of Topliss-reactive ketones (excluding diaryl/α,β-unsaturated/α-hetero) is 1. The molecule has 8 heteroatoms. The number of likely N-dealkylation sites (tertiary alicyclic amines) is 1. The highest BCUT2D eigenvalue weighted by atomic mass is 32.1. The lowest BCUT2D eigenvalue weighted by atomic mass is 9.98. The summed E-state index contributed by atoms with van der Waals surface area (Å²) in [5.41, 5.74) is 3.30. The number of aromatic nitrogens is 3. The van der Waals surface area contributed by atoms with Gasteiger partial charge < -0.3 is 9.88 Å². The number of nitrogens with one attached hydrogen (secondary N) is 1. The van der Waals surface area contributed by atoms with Gasteiger partial charge in [-0.25, -0.2) is 14.4 Å². The number of para-hydroxylation sites is 1. The van der Waals surface area contributed by atoms with Crippen molar-refractivity contribution in [2.45, 2.75) is 45.6 Å². The van der Waals surface area contributed by atoms with E-state index < -0.39 is 0 Å². The van der Waals surface area contributed by atoms with Gasteiger partial charge in [0.15, 0.2) is 5.78 Å². The van der Waals surface area contributed by atoms with Gasteiger partial charge in [-0.15, -0.1) is 11.3 Å². The molecule has 0 aliphatic carbocycles. The molecule has 0 bridgehead atoms. The molecule has 1 atom stereocenters. The van der Waals surface area contributed by atoms with Gasteiger partial charge in [0.2, 0.25) is 0 Å². The van der Waals surface area contributed by atoms with Crippen molar-refractivity contribution >= 4 is 34.1 Å². The number of amides is 1. The topological polar surface area (TPSA) is 79.0 Å². The van der Waals surface area contributed by atoms with Crippen LogP contribution < -0.4 is 0 Å². The summed E-state index contributed by atoms with van der Waals surface area (Å²) in [7, 11) is 0. The summed E-state index contributed by atoms with van der Waals surface area (Å²) in [5, 5.41) is 0.797. The molecule has 2 aromatic carbocycles. The second kappa shape index (κ2) is 9.10. The summed E-state index contributed by atoms with van der Waals surface area (Å²) in [6.07, 6.45) is 3.42. The Morgan fingerprint density at radius 1 is 1.15 bits per heavy atom. The van der Waals surface area contributed by atoms with Gasteiger partial charge >= 0.3 is 0 Å². The van der Waals surface area contributed by atoms with Gasteiger partial charge in [-0.2, -0.15) is 0 Å². The molecule has 1 aliphatic rings. The lowest BCUT2D eigenvalue weighted by Crippen LogP contribution is -2.45. The van der Waals surface area contributed by atoms with Gasteiger partial charge in [-0.05, 0) is 62.9 Å². The molecule has 1 aliphatic heterocycles. The SMILES string of the molecule is CC(=O)c1cccc2[nH]c(C[C@@H]3CCCCN3C(=O)c3nc(C)sc3-c3ccc(F)cc3)nc12. The minimum Gasteiger partial charge on any atom is -0.342 e. The van der Waals surface area contributed by atoms with E-state index in [0.29, 0.717) is 29.7 Å². The number of H-pyrrole nitrogens is 1. The number of benzene rings is 2. The number of carbonyl (C=O) groups excluding carboxylic acids is 2. The maximum atomic E-state index is 13.7. The lowest BCUT2D eigenvalue weighted by Gasteiger charge is -2.35. The Morgan fingerprint density at radius 3 is 2.71 bits per heavy atom. The molecular weight excluding hydrogens is 451 g/mol. The zero-order valence-electron chi connectivity index (χ0n) is 19.1. The van der Waals surface area contributed by atoms with Crippen molar-refractivity contribution in [2.24, 2.45) is 0 Å². The maximum absolute atomic E-state index is 13.7. The number of nitrogens with zero attached hydrogens (tertiary/aromatic N) is 3. The Labute approximate surface area is 200 Å². The molecule has 3 heterocycles. The van der Waals surface area contributed by atoms with Crippen molar-refractivity contribution in [3.05, 3.63) is 70.4 Å². The number of piperidine rings is 1. The molecule has 5 rings (SSSR count). The molecule has 1 saturated heterocycles. The second-order valence-electron chi connectivity index (χ2n) is 8.71. The zero-order chi connectivity index (χ0) is 23.8. The fourth-order valence-corrected chi connectivity index (χ4v) is 5.59. The Balaban J connectivity index is 1.44. The summed E-state index contributed by atoms with van der Waals surface area (Å²) in [5.74, 6) is 0.327. The van der Waals surface area contributed by atoms with Crippen molar-refractivity contribution in [2.75, 3.05) is 6.54 Å². The third kappa shape index (κ3) is 4.25. The summed E-state index contributed by atoms with van der Waals surface area (Å²) in [6.45, 7) is 4.07. The molecule has 1 fully saturated rings. The van der Waals surface area contributed by atoms with Crippen LogP contribution in [-0.2, 0) is 6.42 Å². The molecule has 0 radical (unpaired) electrons. The Hall–Kier alpha value is -3.39. The van der Waals surface area contributed by atoms with Crippen LogP contribution in [0.5, 0.6) is 0 Å². The van der Waals surface area contributed by atoms with E-state index in [1.165, 1.54) is 23.5 Å².